The van der Waals surface area contributed by atoms with Crippen LogP contribution >= 0.6 is 0 Å². The van der Waals surface area contributed by atoms with Crippen molar-refractivity contribution in [3.8, 4) is 0 Å². The number of carbonyl (C=O) groups excluding carboxylic acids is 2. The monoisotopic (exact) mass is 630 g/mol. The van der Waals surface area contributed by atoms with Crippen molar-refractivity contribution in [3.63, 3.8) is 0 Å². The largest absolute Gasteiger partial charge is 0.326 e. The first-order valence-corrected chi connectivity index (χ1v) is 16.5. The van der Waals surface area contributed by atoms with Gasteiger partial charge in [0.25, 0.3) is 20.0 Å². The van der Waals surface area contributed by atoms with Crippen molar-refractivity contribution < 1.29 is 26.4 Å². The summed E-state index contributed by atoms with van der Waals surface area (Å²) in [6, 6.07) is 25.3. The Morgan fingerprint density at radius 3 is 1.14 bits per heavy atom. The fourth-order valence-corrected chi connectivity index (χ4v) is 6.62. The number of rotatable bonds is 10. The molecule has 2 amide bonds. The van der Waals surface area contributed by atoms with Crippen LogP contribution in [0.3, 0.4) is 0 Å². The molecule has 1 aliphatic rings. The minimum absolute atomic E-state index is 0.135. The lowest BCUT2D eigenvalue weighted by molar-refractivity contribution is -0.122. The molecular formula is C32H30N4O6S2. The maximum Gasteiger partial charge on any atom is 0.261 e. The van der Waals surface area contributed by atoms with Gasteiger partial charge in [0.15, 0.2) is 0 Å². The number of anilines is 4. The second kappa shape index (κ2) is 12.0. The lowest BCUT2D eigenvalue weighted by atomic mass is 10.2. The van der Waals surface area contributed by atoms with E-state index in [9.17, 15) is 26.4 Å². The molecule has 0 spiro atoms. The van der Waals surface area contributed by atoms with Gasteiger partial charge >= 0.3 is 0 Å². The van der Waals surface area contributed by atoms with Crippen LogP contribution in [0.15, 0.2) is 119 Å². The van der Waals surface area contributed by atoms with Gasteiger partial charge in [-0.1, -0.05) is 47.5 Å². The van der Waals surface area contributed by atoms with Crippen LogP contribution in [0.25, 0.3) is 0 Å². The zero-order valence-corrected chi connectivity index (χ0v) is 25.5. The molecule has 1 aliphatic carbocycles. The van der Waals surface area contributed by atoms with Gasteiger partial charge in [-0.25, -0.2) is 16.8 Å². The number of sulfonamides is 2. The number of hydrogen-bond donors (Lipinski definition) is 4. The third-order valence-corrected chi connectivity index (χ3v) is 9.85. The summed E-state index contributed by atoms with van der Waals surface area (Å²) in [6.07, 6.45) is 0. The Hall–Kier alpha value is -4.94. The molecule has 4 aromatic carbocycles. The Morgan fingerprint density at radius 2 is 0.818 bits per heavy atom. The topological polar surface area (TPSA) is 151 Å². The van der Waals surface area contributed by atoms with Crippen molar-refractivity contribution in [1.82, 2.24) is 0 Å². The molecule has 0 aliphatic heterocycles. The van der Waals surface area contributed by atoms with E-state index in [1.807, 2.05) is 13.8 Å². The molecular weight excluding hydrogens is 601 g/mol. The van der Waals surface area contributed by atoms with E-state index in [-0.39, 0.29) is 9.79 Å². The van der Waals surface area contributed by atoms with Gasteiger partial charge in [0.1, 0.15) is 0 Å². The first kappa shape index (κ1) is 30.5. The van der Waals surface area contributed by atoms with Crippen molar-refractivity contribution in [2.24, 2.45) is 11.8 Å². The van der Waals surface area contributed by atoms with Crippen LogP contribution in [0.2, 0.25) is 0 Å². The van der Waals surface area contributed by atoms with Crippen LogP contribution in [-0.2, 0) is 29.6 Å². The summed E-state index contributed by atoms with van der Waals surface area (Å²) in [6.45, 7) is 7.59. The van der Waals surface area contributed by atoms with Crippen molar-refractivity contribution >= 4 is 54.6 Å². The van der Waals surface area contributed by atoms with Gasteiger partial charge in [0.2, 0.25) is 11.8 Å². The summed E-state index contributed by atoms with van der Waals surface area (Å²) < 4.78 is 55.5. The number of benzene rings is 4. The molecule has 4 N–H and O–H groups in total. The second-order valence-corrected chi connectivity index (χ2v) is 13.9. The zero-order chi connectivity index (χ0) is 31.6. The highest BCUT2D eigenvalue weighted by atomic mass is 32.2. The predicted molar refractivity (Wildman–Crippen MR) is 170 cm³/mol. The maximum atomic E-state index is 12.9. The van der Waals surface area contributed by atoms with Crippen molar-refractivity contribution in [2.45, 2.75) is 23.6 Å². The first-order chi connectivity index (χ1) is 20.8. The molecule has 4 aromatic rings. The Bertz CT molecular complexity index is 1800. The lowest BCUT2D eigenvalue weighted by Gasteiger charge is -2.10. The van der Waals surface area contributed by atoms with E-state index in [1.165, 1.54) is 48.5 Å². The lowest BCUT2D eigenvalue weighted by Crippen LogP contribution is -2.20. The van der Waals surface area contributed by atoms with E-state index in [4.69, 9.17) is 0 Å². The molecule has 0 aromatic heterocycles. The molecule has 0 saturated heterocycles. The highest BCUT2D eigenvalue weighted by molar-refractivity contribution is 7.93. The number of nitrogens with one attached hydrogen (secondary N) is 4. The smallest absolute Gasteiger partial charge is 0.261 e. The van der Waals surface area contributed by atoms with Gasteiger partial charge in [0, 0.05) is 22.7 Å². The van der Waals surface area contributed by atoms with Crippen LogP contribution in [0.4, 0.5) is 22.7 Å². The highest BCUT2D eigenvalue weighted by Gasteiger charge is 2.52. The summed E-state index contributed by atoms with van der Waals surface area (Å²) >= 11 is 0. The quantitative estimate of drug-likeness (QED) is 0.175. The second-order valence-electron chi connectivity index (χ2n) is 10.5. The molecule has 10 nitrogen and oxygen atoms in total. The first-order valence-electron chi connectivity index (χ1n) is 13.5. The van der Waals surface area contributed by atoms with E-state index < -0.39 is 43.7 Å². The molecule has 5 rings (SSSR count). The Kier molecular flexibility index (Phi) is 8.31. The fourth-order valence-electron chi connectivity index (χ4n) is 4.50. The zero-order valence-electron chi connectivity index (χ0n) is 23.9. The van der Waals surface area contributed by atoms with E-state index >= 15 is 0 Å². The van der Waals surface area contributed by atoms with Gasteiger partial charge in [-0.15, -0.1) is 0 Å². The van der Waals surface area contributed by atoms with E-state index in [0.717, 1.165) is 11.1 Å². The maximum absolute atomic E-state index is 12.9. The summed E-state index contributed by atoms with van der Waals surface area (Å²) in [7, 11) is -7.53. The van der Waals surface area contributed by atoms with E-state index in [1.54, 1.807) is 48.5 Å². The van der Waals surface area contributed by atoms with Crippen molar-refractivity contribution in [1.29, 1.82) is 0 Å². The molecule has 226 valence electrons. The summed E-state index contributed by atoms with van der Waals surface area (Å²) in [5, 5.41) is 5.47. The average Bonchev–Trinajstić information content (AvgIpc) is 3.66. The van der Waals surface area contributed by atoms with Crippen LogP contribution < -0.4 is 20.1 Å². The molecule has 0 heterocycles. The summed E-state index contributed by atoms with van der Waals surface area (Å²) in [5.41, 5.74) is 3.85. The predicted octanol–water partition coefficient (Wildman–Crippen LogP) is 5.28. The Labute approximate surface area is 256 Å². The molecule has 0 bridgehead atoms. The Balaban J connectivity index is 1.14. The standard InChI is InChI=1S/C32H30N4O6S2/c1-20-4-16-27(17-5-20)43(39,40)35-25-12-8-23(9-13-25)33-31(37)29-22(3)30(29)32(38)34-24-10-14-26(15-11-24)36-44(41,42)28-18-6-21(2)7-19-28/h4-19,29-30,35-36H,3H2,1-2H3,(H,33,37)(H,34,38)/t29-,30+. The number of carbonyl (C=O) groups is 2. The molecule has 44 heavy (non-hydrogen) atoms. The van der Waals surface area contributed by atoms with Gasteiger partial charge in [-0.05, 0) is 86.6 Å². The van der Waals surface area contributed by atoms with Crippen molar-refractivity contribution in [3.05, 3.63) is 120 Å². The van der Waals surface area contributed by atoms with Gasteiger partial charge in [-0.2, -0.15) is 0 Å². The SMILES string of the molecule is C=C1[C@H](C(=O)Nc2ccc(NS(=O)(=O)c3ccc(C)cc3)cc2)[C@@H]1C(=O)Nc1ccc(NS(=O)(=O)c2ccc(C)cc2)cc1. The summed E-state index contributed by atoms with van der Waals surface area (Å²) in [5.74, 6) is -2.28. The number of aryl methyl sites for hydroxylation is 2. The molecule has 2 atom stereocenters. The van der Waals surface area contributed by atoms with Crippen LogP contribution in [0, 0.1) is 25.7 Å². The van der Waals surface area contributed by atoms with Crippen LogP contribution in [0.5, 0.6) is 0 Å². The minimum atomic E-state index is -3.77. The fraction of sp³-hybridized carbons (Fsp3) is 0.125. The normalized spacial score (nSPS) is 16.1. The molecule has 1 saturated carbocycles. The third-order valence-electron chi connectivity index (χ3n) is 7.06. The van der Waals surface area contributed by atoms with Crippen LogP contribution in [0.1, 0.15) is 11.1 Å². The third kappa shape index (κ3) is 6.99. The average molecular weight is 631 g/mol. The van der Waals surface area contributed by atoms with Crippen molar-refractivity contribution in [2.75, 3.05) is 20.1 Å². The summed E-state index contributed by atoms with van der Waals surface area (Å²) in [4.78, 5) is 26.0. The molecule has 1 fully saturated rings. The number of amides is 2. The van der Waals surface area contributed by atoms with Gasteiger partial charge in [-0.3, -0.25) is 19.0 Å². The molecule has 12 heteroatoms. The van der Waals surface area contributed by atoms with E-state index in [2.05, 4.69) is 26.7 Å². The minimum Gasteiger partial charge on any atom is -0.326 e. The molecule has 0 unspecified atom stereocenters. The highest BCUT2D eigenvalue weighted by Crippen LogP contribution is 2.45. The van der Waals surface area contributed by atoms with Gasteiger partial charge in [0.05, 0.1) is 21.6 Å². The van der Waals surface area contributed by atoms with E-state index in [0.29, 0.717) is 28.3 Å². The van der Waals surface area contributed by atoms with Gasteiger partial charge < -0.3 is 10.6 Å². The Morgan fingerprint density at radius 1 is 0.523 bits per heavy atom. The molecule has 0 radical (unpaired) electrons. The number of hydrogen-bond acceptors (Lipinski definition) is 6. The van der Waals surface area contributed by atoms with Crippen LogP contribution in [-0.4, -0.2) is 28.6 Å².